The van der Waals surface area contributed by atoms with Gasteiger partial charge in [-0.2, -0.15) is 0 Å². The summed E-state index contributed by atoms with van der Waals surface area (Å²) in [6.07, 6.45) is 0.531. The Balaban J connectivity index is 2.02. The van der Waals surface area contributed by atoms with Crippen molar-refractivity contribution in [1.82, 2.24) is 9.88 Å². The van der Waals surface area contributed by atoms with Crippen molar-refractivity contribution in [2.45, 2.75) is 20.3 Å². The molecule has 2 amide bonds. The Labute approximate surface area is 149 Å². The van der Waals surface area contributed by atoms with E-state index in [0.717, 1.165) is 16.1 Å². The normalized spacial score (nSPS) is 11.8. The molecular formula is C17H20FN3O3S. The monoisotopic (exact) mass is 365 g/mol. The van der Waals surface area contributed by atoms with Gasteiger partial charge in [0.05, 0.1) is 11.6 Å². The summed E-state index contributed by atoms with van der Waals surface area (Å²) in [4.78, 5) is 29.6. The smallest absolute Gasteiger partial charge is 0.323 e. The number of aryl methyl sites for hydroxylation is 1. The van der Waals surface area contributed by atoms with Gasteiger partial charge in [0.25, 0.3) is 0 Å². The van der Waals surface area contributed by atoms with Gasteiger partial charge in [0.1, 0.15) is 5.82 Å². The van der Waals surface area contributed by atoms with Crippen LogP contribution in [0.5, 0.6) is 0 Å². The highest BCUT2D eigenvalue weighted by molar-refractivity contribution is 7.15. The maximum absolute atomic E-state index is 13.3. The molecule has 1 heterocycles. The maximum Gasteiger partial charge on any atom is 0.323 e. The van der Waals surface area contributed by atoms with Crippen molar-refractivity contribution in [3.05, 3.63) is 46.2 Å². The Morgan fingerprint density at radius 1 is 1.44 bits per heavy atom. The number of amides is 2. The Morgan fingerprint density at radius 2 is 2.16 bits per heavy atom. The molecule has 1 unspecified atom stereocenters. The van der Waals surface area contributed by atoms with Gasteiger partial charge in [0, 0.05) is 24.9 Å². The van der Waals surface area contributed by atoms with Crippen molar-refractivity contribution in [2.24, 2.45) is 5.92 Å². The number of carboxylic acid groups (broad SMARTS) is 1. The molecular weight excluding hydrogens is 345 g/mol. The van der Waals surface area contributed by atoms with Gasteiger partial charge in [-0.15, -0.1) is 11.3 Å². The van der Waals surface area contributed by atoms with Crippen LogP contribution >= 0.6 is 11.3 Å². The topological polar surface area (TPSA) is 82.5 Å². The minimum atomic E-state index is -0.956. The van der Waals surface area contributed by atoms with Crippen molar-refractivity contribution < 1.29 is 19.1 Å². The summed E-state index contributed by atoms with van der Waals surface area (Å²) in [7, 11) is 1.53. The van der Waals surface area contributed by atoms with Crippen LogP contribution in [0, 0.1) is 18.7 Å². The Hall–Kier alpha value is -2.48. The van der Waals surface area contributed by atoms with Gasteiger partial charge in [0.2, 0.25) is 0 Å². The van der Waals surface area contributed by atoms with Crippen LogP contribution in [0.3, 0.4) is 0 Å². The second-order valence-corrected chi connectivity index (χ2v) is 6.97. The summed E-state index contributed by atoms with van der Waals surface area (Å²) in [6.45, 7) is 3.47. The summed E-state index contributed by atoms with van der Waals surface area (Å²) in [5.74, 6) is -1.90. The van der Waals surface area contributed by atoms with Gasteiger partial charge in [-0.1, -0.05) is 19.1 Å². The molecule has 8 heteroatoms. The van der Waals surface area contributed by atoms with Gasteiger partial charge < -0.3 is 10.0 Å². The molecule has 0 saturated carbocycles. The summed E-state index contributed by atoms with van der Waals surface area (Å²) in [6, 6.07) is 5.93. The van der Waals surface area contributed by atoms with Crippen LogP contribution in [0.4, 0.5) is 14.3 Å². The SMILES string of the molecule is Cc1nc(NC(=O)N(C)CC(C)C(=O)O)sc1Cc1cccc(F)c1. The second kappa shape index (κ2) is 8.06. The molecule has 0 aliphatic heterocycles. The number of carboxylic acids is 1. The van der Waals surface area contributed by atoms with Crippen LogP contribution < -0.4 is 5.32 Å². The van der Waals surface area contributed by atoms with Crippen LogP contribution in [0.15, 0.2) is 24.3 Å². The van der Waals surface area contributed by atoms with Gasteiger partial charge >= 0.3 is 12.0 Å². The first kappa shape index (κ1) is 18.9. The number of nitrogens with zero attached hydrogens (tertiary/aromatic N) is 2. The molecule has 0 aliphatic carbocycles. The third-order valence-corrected chi connectivity index (χ3v) is 4.75. The minimum Gasteiger partial charge on any atom is -0.481 e. The lowest BCUT2D eigenvalue weighted by molar-refractivity contribution is -0.141. The first-order valence-corrected chi connectivity index (χ1v) is 8.53. The zero-order valence-corrected chi connectivity index (χ0v) is 15.1. The number of benzene rings is 1. The number of halogens is 1. The van der Waals surface area contributed by atoms with E-state index in [0.29, 0.717) is 11.6 Å². The minimum absolute atomic E-state index is 0.0989. The number of rotatable bonds is 6. The molecule has 1 aromatic carbocycles. The molecule has 0 fully saturated rings. The molecule has 2 aromatic rings. The van der Waals surface area contributed by atoms with Crippen LogP contribution in [-0.4, -0.2) is 40.6 Å². The Morgan fingerprint density at radius 3 is 2.80 bits per heavy atom. The summed E-state index contributed by atoms with van der Waals surface area (Å²) < 4.78 is 13.3. The number of thiazole rings is 1. The van der Waals surface area contributed by atoms with E-state index in [2.05, 4.69) is 10.3 Å². The number of anilines is 1. The van der Waals surface area contributed by atoms with E-state index < -0.39 is 17.9 Å². The van der Waals surface area contributed by atoms with E-state index in [-0.39, 0.29) is 12.4 Å². The molecule has 134 valence electrons. The van der Waals surface area contributed by atoms with E-state index >= 15 is 0 Å². The fourth-order valence-corrected chi connectivity index (χ4v) is 3.22. The lowest BCUT2D eigenvalue weighted by Crippen LogP contribution is -2.36. The van der Waals surface area contributed by atoms with Gasteiger partial charge in [0.15, 0.2) is 5.13 Å². The van der Waals surface area contributed by atoms with E-state index in [4.69, 9.17) is 5.11 Å². The zero-order chi connectivity index (χ0) is 18.6. The van der Waals surface area contributed by atoms with Crippen molar-refractivity contribution in [2.75, 3.05) is 18.9 Å². The number of aliphatic carboxylic acids is 1. The maximum atomic E-state index is 13.3. The van der Waals surface area contributed by atoms with Crippen LogP contribution in [-0.2, 0) is 11.2 Å². The third-order valence-electron chi connectivity index (χ3n) is 3.68. The third kappa shape index (κ3) is 5.25. The first-order chi connectivity index (χ1) is 11.8. The largest absolute Gasteiger partial charge is 0.481 e. The van der Waals surface area contributed by atoms with Gasteiger partial charge in [-0.25, -0.2) is 14.2 Å². The number of hydrogen-bond donors (Lipinski definition) is 2. The van der Waals surface area contributed by atoms with Crippen molar-refractivity contribution in [3.63, 3.8) is 0 Å². The first-order valence-electron chi connectivity index (χ1n) is 7.72. The summed E-state index contributed by atoms with van der Waals surface area (Å²) >= 11 is 1.32. The van der Waals surface area contributed by atoms with Gasteiger partial charge in [-0.05, 0) is 24.6 Å². The number of aromatic nitrogens is 1. The average molecular weight is 365 g/mol. The average Bonchev–Trinajstić information content (AvgIpc) is 2.86. The standard InChI is InChI=1S/C17H20FN3O3S/c1-10(15(22)23)9-21(3)17(24)20-16-19-11(2)14(25-16)8-12-5-4-6-13(18)7-12/h4-7,10H,8-9H2,1-3H3,(H,22,23)(H,19,20,24). The molecule has 25 heavy (non-hydrogen) atoms. The molecule has 6 nitrogen and oxygen atoms in total. The molecule has 0 saturated heterocycles. The lowest BCUT2D eigenvalue weighted by Gasteiger charge is -2.19. The van der Waals surface area contributed by atoms with Crippen LogP contribution in [0.1, 0.15) is 23.1 Å². The molecule has 0 bridgehead atoms. The van der Waals surface area contributed by atoms with Crippen molar-refractivity contribution in [3.8, 4) is 0 Å². The predicted octanol–water partition coefficient (Wildman–Crippen LogP) is 3.37. The van der Waals surface area contributed by atoms with Crippen LogP contribution in [0.2, 0.25) is 0 Å². The number of carbonyl (C=O) groups is 2. The fourth-order valence-electron chi connectivity index (χ4n) is 2.24. The molecule has 0 aliphatic rings. The second-order valence-electron chi connectivity index (χ2n) is 5.88. The van der Waals surface area contributed by atoms with Gasteiger partial charge in [-0.3, -0.25) is 10.1 Å². The number of carbonyl (C=O) groups excluding carboxylic acids is 1. The molecule has 2 N–H and O–H groups in total. The Bertz CT molecular complexity index is 778. The highest BCUT2D eigenvalue weighted by Gasteiger charge is 2.19. The lowest BCUT2D eigenvalue weighted by atomic mass is 10.1. The predicted molar refractivity (Wildman–Crippen MR) is 94.5 cm³/mol. The molecule has 2 rings (SSSR count). The highest BCUT2D eigenvalue weighted by atomic mass is 32.1. The number of hydrogen-bond acceptors (Lipinski definition) is 4. The number of urea groups is 1. The number of nitrogens with one attached hydrogen (secondary N) is 1. The van der Waals surface area contributed by atoms with Crippen molar-refractivity contribution in [1.29, 1.82) is 0 Å². The Kier molecular flexibility index (Phi) is 6.08. The van der Waals surface area contributed by atoms with E-state index in [1.807, 2.05) is 13.0 Å². The van der Waals surface area contributed by atoms with E-state index in [1.165, 1.54) is 42.3 Å². The fraction of sp³-hybridized carbons (Fsp3) is 0.353. The molecule has 1 aromatic heterocycles. The molecule has 0 spiro atoms. The highest BCUT2D eigenvalue weighted by Crippen LogP contribution is 2.25. The van der Waals surface area contributed by atoms with Crippen molar-refractivity contribution >= 4 is 28.5 Å². The quantitative estimate of drug-likeness (QED) is 0.822. The summed E-state index contributed by atoms with van der Waals surface area (Å²) in [5.41, 5.74) is 1.60. The zero-order valence-electron chi connectivity index (χ0n) is 14.2. The molecule has 1 atom stereocenters. The molecule has 0 radical (unpaired) electrons. The van der Waals surface area contributed by atoms with E-state index in [1.54, 1.807) is 6.07 Å². The van der Waals surface area contributed by atoms with E-state index in [9.17, 15) is 14.0 Å². The van der Waals surface area contributed by atoms with Crippen LogP contribution in [0.25, 0.3) is 0 Å². The summed E-state index contributed by atoms with van der Waals surface area (Å²) in [5, 5.41) is 12.0.